The molecule has 0 aromatic heterocycles. The van der Waals surface area contributed by atoms with Gasteiger partial charge in [-0.2, -0.15) is 0 Å². The van der Waals surface area contributed by atoms with E-state index in [-0.39, 0.29) is 6.10 Å². The Hall–Kier alpha value is 1.21. The van der Waals surface area contributed by atoms with Crippen molar-refractivity contribution in [1.82, 2.24) is 0 Å². The quantitative estimate of drug-likeness (QED) is 0.106. The molecule has 0 aliphatic heterocycles. The summed E-state index contributed by atoms with van der Waals surface area (Å²) in [5.74, 6) is 5.75. The molecular weight excluding hydrogens is 486 g/mol. The fraction of sp³-hybridized carbons (Fsp3) is 1.00. The van der Waals surface area contributed by atoms with Crippen LogP contribution in [0.15, 0.2) is 0 Å². The van der Waals surface area contributed by atoms with Crippen LogP contribution in [0, 0.1) is 5.92 Å². The Kier molecular flexibility index (Phi) is 18.2. The van der Waals surface area contributed by atoms with Crippen molar-refractivity contribution >= 4 is 29.9 Å². The first-order valence-electron chi connectivity index (χ1n) is 11.0. The molecule has 0 radical (unpaired) electrons. The summed E-state index contributed by atoms with van der Waals surface area (Å²) < 4.78 is 0. The van der Waals surface area contributed by atoms with Gasteiger partial charge in [-0.3, -0.25) is 0 Å². The summed E-state index contributed by atoms with van der Waals surface area (Å²) in [5, 5.41) is 11.9. The van der Waals surface area contributed by atoms with Gasteiger partial charge in [0.05, 0.1) is 0 Å². The van der Waals surface area contributed by atoms with E-state index in [4.69, 9.17) is 0 Å². The predicted octanol–water partition coefficient (Wildman–Crippen LogP) is 8.49. The molecule has 0 aliphatic carbocycles. The Morgan fingerprint density at radius 2 is 1.16 bits per heavy atom. The van der Waals surface area contributed by atoms with Crippen molar-refractivity contribution in [3.63, 3.8) is 0 Å². The number of rotatable bonds is 18. The van der Waals surface area contributed by atoms with E-state index in [1.54, 1.807) is 0 Å². The molecule has 0 bridgehead atoms. The molecular formula is C22H47IOSe. The van der Waals surface area contributed by atoms with Gasteiger partial charge in [-0.25, -0.2) is 0 Å². The van der Waals surface area contributed by atoms with Crippen molar-refractivity contribution in [3.8, 4) is 0 Å². The number of aliphatic hydroxyl groups excluding tert-OH is 1. The molecule has 0 aromatic rings. The molecule has 0 aromatic carbocycles. The third-order valence-electron chi connectivity index (χ3n) is 5.09. The molecule has 3 heteroatoms. The van der Waals surface area contributed by atoms with E-state index in [2.05, 4.69) is 45.8 Å². The molecule has 25 heavy (non-hydrogen) atoms. The normalized spacial score (nSPS) is 15.3. The first kappa shape index (κ1) is 26.2. The van der Waals surface area contributed by atoms with Gasteiger partial charge in [0.1, 0.15) is 0 Å². The van der Waals surface area contributed by atoms with Gasteiger partial charge in [0.25, 0.3) is 0 Å². The topological polar surface area (TPSA) is 20.2 Å². The molecule has 0 heterocycles. The van der Waals surface area contributed by atoms with Crippen molar-refractivity contribution in [3.05, 3.63) is 0 Å². The Morgan fingerprint density at radius 1 is 0.720 bits per heavy atom. The molecule has 0 aliphatic rings. The summed E-state index contributed by atoms with van der Waals surface area (Å²) in [6, 6.07) is 0. The van der Waals surface area contributed by atoms with Gasteiger partial charge in [-0.05, 0) is 0 Å². The summed E-state index contributed by atoms with van der Waals surface area (Å²) in [4.78, 5) is 0. The van der Waals surface area contributed by atoms with Crippen LogP contribution in [0.4, 0.5) is 0 Å². The minimum atomic E-state index is -1.24. The van der Waals surface area contributed by atoms with Crippen LogP contribution >= 0.6 is 20.3 Å². The fourth-order valence-electron chi connectivity index (χ4n) is 3.71. The predicted molar refractivity (Wildman–Crippen MR) is 126 cm³/mol. The number of aliphatic hydroxyl groups is 1. The van der Waals surface area contributed by atoms with E-state index in [1.807, 2.05) is 0 Å². The van der Waals surface area contributed by atoms with E-state index in [9.17, 15) is 5.11 Å². The van der Waals surface area contributed by atoms with Crippen LogP contribution in [-0.2, 0) is 0 Å². The van der Waals surface area contributed by atoms with Crippen LogP contribution in [0.5, 0.6) is 0 Å². The SMILES string of the molecule is CCCCCCCCCCC(CC(O)CCCCCC)C[Se](C)(C)I. The van der Waals surface area contributed by atoms with E-state index >= 15 is 0 Å². The van der Waals surface area contributed by atoms with Gasteiger partial charge in [-0.15, -0.1) is 0 Å². The second-order valence-corrected chi connectivity index (χ2v) is 27.4. The molecule has 1 nitrogen and oxygen atoms in total. The summed E-state index contributed by atoms with van der Waals surface area (Å²) in [5.41, 5.74) is 0. The molecule has 1 N–H and O–H groups in total. The van der Waals surface area contributed by atoms with Gasteiger partial charge in [-0.1, -0.05) is 0 Å². The first-order valence-corrected chi connectivity index (χ1v) is 20.8. The van der Waals surface area contributed by atoms with Crippen LogP contribution in [0.1, 0.15) is 110 Å². The monoisotopic (exact) mass is 534 g/mol. The van der Waals surface area contributed by atoms with Gasteiger partial charge >= 0.3 is 174 Å². The van der Waals surface area contributed by atoms with E-state index in [0.29, 0.717) is 0 Å². The zero-order chi connectivity index (χ0) is 19.0. The van der Waals surface area contributed by atoms with E-state index in [0.717, 1.165) is 18.8 Å². The van der Waals surface area contributed by atoms with Crippen LogP contribution < -0.4 is 0 Å². The Morgan fingerprint density at radius 3 is 1.68 bits per heavy atom. The molecule has 0 spiro atoms. The van der Waals surface area contributed by atoms with Crippen molar-refractivity contribution < 1.29 is 5.11 Å². The van der Waals surface area contributed by atoms with Gasteiger partial charge in [0.2, 0.25) is 0 Å². The summed E-state index contributed by atoms with van der Waals surface area (Å²) >= 11 is 2.74. The zero-order valence-electron chi connectivity index (χ0n) is 17.7. The average Bonchev–Trinajstić information content (AvgIpc) is 2.52. The third-order valence-corrected chi connectivity index (χ3v) is 9.61. The summed E-state index contributed by atoms with van der Waals surface area (Å²) in [6.07, 6.45) is 19.8. The fourth-order valence-corrected chi connectivity index (χ4v) is 9.34. The zero-order valence-corrected chi connectivity index (χ0v) is 21.6. The molecule has 0 saturated heterocycles. The standard InChI is InChI=1S/C22H47IOSe/c1-5-7-9-11-12-13-14-15-17-21(20-25(3,4)23)19-22(24)18-16-10-8-6-2/h21-22,24H,5-20H2,1-4H3. The maximum absolute atomic E-state index is 10.5. The van der Waals surface area contributed by atoms with Crippen molar-refractivity contribution in [2.75, 3.05) is 0 Å². The molecule has 154 valence electrons. The van der Waals surface area contributed by atoms with Crippen LogP contribution in [0.3, 0.4) is 0 Å². The molecule has 0 saturated carbocycles. The molecule has 2 atom stereocenters. The molecule has 0 rings (SSSR count). The van der Waals surface area contributed by atoms with Crippen molar-refractivity contribution in [2.24, 2.45) is 5.92 Å². The second kappa shape index (κ2) is 17.3. The van der Waals surface area contributed by atoms with Gasteiger partial charge in [0, 0.05) is 0 Å². The molecule has 0 amide bonds. The van der Waals surface area contributed by atoms with E-state index < -0.39 is 9.60 Å². The van der Waals surface area contributed by atoms with Crippen LogP contribution in [0.25, 0.3) is 0 Å². The molecule has 0 fully saturated rings. The number of unbranched alkanes of at least 4 members (excludes halogenated alkanes) is 10. The Balaban J connectivity index is 3.96. The number of hydrogen-bond donors (Lipinski definition) is 1. The van der Waals surface area contributed by atoms with E-state index in [1.165, 1.54) is 88.8 Å². The van der Waals surface area contributed by atoms with Crippen molar-refractivity contribution in [1.29, 1.82) is 0 Å². The minimum absolute atomic E-state index is 0.0494. The Labute approximate surface area is 173 Å². The Bertz CT molecular complexity index is 278. The van der Waals surface area contributed by atoms with Crippen LogP contribution in [0.2, 0.25) is 17.0 Å². The van der Waals surface area contributed by atoms with Gasteiger partial charge in [0.15, 0.2) is 0 Å². The summed E-state index contributed by atoms with van der Waals surface area (Å²) in [6.45, 7) is 4.54. The van der Waals surface area contributed by atoms with Crippen LogP contribution in [-0.4, -0.2) is 20.8 Å². The number of hydrogen-bond acceptors (Lipinski definition) is 1. The first-order chi connectivity index (χ1) is 11.9. The summed E-state index contributed by atoms with van der Waals surface area (Å²) in [7, 11) is -1.24. The number of halogens is 1. The maximum atomic E-state index is 10.5. The van der Waals surface area contributed by atoms with Gasteiger partial charge < -0.3 is 0 Å². The third kappa shape index (κ3) is 19.8. The second-order valence-electron chi connectivity index (χ2n) is 8.44. The van der Waals surface area contributed by atoms with Crippen molar-refractivity contribution in [2.45, 2.75) is 133 Å². The molecule has 2 unspecified atom stereocenters. The average molecular weight is 533 g/mol.